The molecule has 1 rings (SSSR count). The molecule has 0 N–H and O–H groups in total. The third kappa shape index (κ3) is 3.00. The summed E-state index contributed by atoms with van der Waals surface area (Å²) in [6, 6.07) is 3.54. The van der Waals surface area contributed by atoms with Gasteiger partial charge in [-0.15, -0.1) is 0 Å². The van der Waals surface area contributed by atoms with Gasteiger partial charge in [0.15, 0.2) is 0 Å². The van der Waals surface area contributed by atoms with Crippen LogP contribution in [0.1, 0.15) is 40.5 Å². The van der Waals surface area contributed by atoms with Gasteiger partial charge in [0.25, 0.3) is 14.3 Å². The molecule has 0 radical (unpaired) electrons. The number of hydrogen-bond acceptors (Lipinski definition) is 2. The SMILES string of the molecule is CC[Si](CC)(CC)OC1=C(C)CCCO1. The van der Waals surface area contributed by atoms with Gasteiger partial charge >= 0.3 is 0 Å². The molecule has 0 fully saturated rings. The van der Waals surface area contributed by atoms with Crippen LogP contribution in [0.2, 0.25) is 18.1 Å². The van der Waals surface area contributed by atoms with Crippen molar-refractivity contribution in [2.75, 3.05) is 6.61 Å². The van der Waals surface area contributed by atoms with E-state index in [0.29, 0.717) is 0 Å². The summed E-state index contributed by atoms with van der Waals surface area (Å²) < 4.78 is 11.9. The van der Waals surface area contributed by atoms with Crippen LogP contribution in [0.25, 0.3) is 0 Å². The Morgan fingerprint density at radius 1 is 1.20 bits per heavy atom. The van der Waals surface area contributed by atoms with Gasteiger partial charge in [0, 0.05) is 5.57 Å². The molecule has 0 atom stereocenters. The standard InChI is InChI=1S/C12H24O2Si/c1-5-15(6-2,7-3)14-12-11(4)9-8-10-13-12/h5-10H2,1-4H3. The molecule has 0 amide bonds. The molecule has 0 unspecified atom stereocenters. The topological polar surface area (TPSA) is 18.5 Å². The minimum atomic E-state index is -1.53. The molecule has 1 aliphatic rings. The molecule has 15 heavy (non-hydrogen) atoms. The number of allylic oxidation sites excluding steroid dienone is 1. The lowest BCUT2D eigenvalue weighted by atomic mass is 10.1. The zero-order valence-corrected chi connectivity index (χ0v) is 11.6. The largest absolute Gasteiger partial charge is 0.519 e. The molecule has 0 saturated heterocycles. The molecule has 3 heteroatoms. The summed E-state index contributed by atoms with van der Waals surface area (Å²) in [4.78, 5) is 0. The molecule has 0 aliphatic carbocycles. The van der Waals surface area contributed by atoms with Crippen LogP contribution < -0.4 is 0 Å². The Morgan fingerprint density at radius 2 is 1.80 bits per heavy atom. The molecule has 88 valence electrons. The van der Waals surface area contributed by atoms with E-state index in [1.165, 1.54) is 23.7 Å². The van der Waals surface area contributed by atoms with Gasteiger partial charge < -0.3 is 9.16 Å². The van der Waals surface area contributed by atoms with Crippen LogP contribution in [0.5, 0.6) is 0 Å². The quantitative estimate of drug-likeness (QED) is 0.661. The molecular weight excluding hydrogens is 204 g/mol. The Morgan fingerprint density at radius 3 is 2.27 bits per heavy atom. The van der Waals surface area contributed by atoms with Crippen LogP contribution in [0, 0.1) is 0 Å². The van der Waals surface area contributed by atoms with Crippen molar-refractivity contribution in [3.63, 3.8) is 0 Å². The summed E-state index contributed by atoms with van der Waals surface area (Å²) in [5.41, 5.74) is 1.30. The molecule has 2 nitrogen and oxygen atoms in total. The number of rotatable bonds is 5. The van der Waals surface area contributed by atoms with Gasteiger partial charge in [-0.25, -0.2) is 0 Å². The minimum absolute atomic E-state index is 0.828. The highest BCUT2D eigenvalue weighted by Gasteiger charge is 2.33. The highest BCUT2D eigenvalue weighted by atomic mass is 28.4. The Balaban J connectivity index is 2.72. The molecule has 1 aliphatic heterocycles. The maximum Gasteiger partial charge on any atom is 0.264 e. The van der Waals surface area contributed by atoms with Crippen LogP contribution >= 0.6 is 0 Å². The summed E-state index contributed by atoms with van der Waals surface area (Å²) in [5.74, 6) is 0.860. The van der Waals surface area contributed by atoms with Gasteiger partial charge in [0.05, 0.1) is 6.61 Å². The van der Waals surface area contributed by atoms with E-state index in [4.69, 9.17) is 9.16 Å². The van der Waals surface area contributed by atoms with E-state index in [9.17, 15) is 0 Å². The lowest BCUT2D eigenvalue weighted by Crippen LogP contribution is -2.36. The van der Waals surface area contributed by atoms with Crippen molar-refractivity contribution < 1.29 is 9.16 Å². The molecule has 0 spiro atoms. The van der Waals surface area contributed by atoms with Crippen LogP contribution in [0.3, 0.4) is 0 Å². The fourth-order valence-electron chi connectivity index (χ4n) is 2.01. The summed E-state index contributed by atoms with van der Waals surface area (Å²) in [6.45, 7) is 9.71. The second-order valence-electron chi connectivity index (χ2n) is 4.37. The van der Waals surface area contributed by atoms with Crippen molar-refractivity contribution in [2.24, 2.45) is 0 Å². The van der Waals surface area contributed by atoms with E-state index in [2.05, 4.69) is 27.7 Å². The predicted molar refractivity (Wildman–Crippen MR) is 66.2 cm³/mol. The van der Waals surface area contributed by atoms with Crippen LogP contribution in [0.15, 0.2) is 11.5 Å². The Bertz CT molecular complexity index is 224. The Kier molecular flexibility index (Phi) is 4.70. The molecule has 0 aromatic rings. The first-order valence-corrected chi connectivity index (χ1v) is 8.72. The number of hydrogen-bond donors (Lipinski definition) is 0. The van der Waals surface area contributed by atoms with Crippen molar-refractivity contribution in [1.82, 2.24) is 0 Å². The summed E-state index contributed by atoms with van der Waals surface area (Å²) in [6.07, 6.45) is 2.27. The van der Waals surface area contributed by atoms with Crippen molar-refractivity contribution in [1.29, 1.82) is 0 Å². The molecule has 0 aromatic heterocycles. The Labute approximate surface area is 94.8 Å². The van der Waals surface area contributed by atoms with Crippen molar-refractivity contribution >= 4 is 8.32 Å². The van der Waals surface area contributed by atoms with E-state index in [-0.39, 0.29) is 0 Å². The molecule has 0 saturated carbocycles. The lowest BCUT2D eigenvalue weighted by molar-refractivity contribution is 0.0803. The summed E-state index contributed by atoms with van der Waals surface area (Å²) in [7, 11) is -1.53. The zero-order valence-electron chi connectivity index (χ0n) is 10.6. The third-order valence-electron chi connectivity index (χ3n) is 3.52. The lowest BCUT2D eigenvalue weighted by Gasteiger charge is -2.32. The Hall–Kier alpha value is -0.443. The van der Waals surface area contributed by atoms with Gasteiger partial charge in [-0.1, -0.05) is 20.8 Å². The van der Waals surface area contributed by atoms with E-state index < -0.39 is 8.32 Å². The second kappa shape index (κ2) is 5.59. The summed E-state index contributed by atoms with van der Waals surface area (Å²) >= 11 is 0. The van der Waals surface area contributed by atoms with Gasteiger partial charge in [-0.05, 0) is 37.9 Å². The fraction of sp³-hybridized carbons (Fsp3) is 0.833. The average Bonchev–Trinajstić information content (AvgIpc) is 2.29. The number of ether oxygens (including phenoxy) is 1. The predicted octanol–water partition coefficient (Wildman–Crippen LogP) is 4.05. The monoisotopic (exact) mass is 228 g/mol. The molecule has 1 heterocycles. The van der Waals surface area contributed by atoms with Crippen molar-refractivity contribution in [3.05, 3.63) is 11.5 Å². The molecule has 0 aromatic carbocycles. The van der Waals surface area contributed by atoms with Gasteiger partial charge in [-0.2, -0.15) is 0 Å². The smallest absolute Gasteiger partial charge is 0.264 e. The summed E-state index contributed by atoms with van der Waals surface area (Å²) in [5, 5.41) is 0. The first-order chi connectivity index (χ1) is 7.17. The normalized spacial score (nSPS) is 17.6. The first-order valence-electron chi connectivity index (χ1n) is 6.19. The van der Waals surface area contributed by atoms with Crippen molar-refractivity contribution in [2.45, 2.75) is 58.7 Å². The fourth-order valence-corrected chi connectivity index (χ4v) is 4.57. The second-order valence-corrected chi connectivity index (χ2v) is 9.06. The van der Waals surface area contributed by atoms with E-state index in [0.717, 1.165) is 25.4 Å². The van der Waals surface area contributed by atoms with Gasteiger partial charge in [-0.3, -0.25) is 0 Å². The first kappa shape index (κ1) is 12.6. The maximum absolute atomic E-state index is 6.24. The van der Waals surface area contributed by atoms with E-state index >= 15 is 0 Å². The zero-order chi connectivity index (χ0) is 11.3. The molecule has 0 bridgehead atoms. The van der Waals surface area contributed by atoms with Crippen LogP contribution in [-0.4, -0.2) is 14.9 Å². The average molecular weight is 228 g/mol. The van der Waals surface area contributed by atoms with Crippen LogP contribution in [0.4, 0.5) is 0 Å². The van der Waals surface area contributed by atoms with Gasteiger partial charge in [0.1, 0.15) is 0 Å². The highest BCUT2D eigenvalue weighted by molar-refractivity contribution is 6.73. The van der Waals surface area contributed by atoms with E-state index in [1.54, 1.807) is 0 Å². The van der Waals surface area contributed by atoms with E-state index in [1.807, 2.05) is 0 Å². The maximum atomic E-state index is 6.24. The molecular formula is C12H24O2Si. The van der Waals surface area contributed by atoms with Crippen molar-refractivity contribution in [3.8, 4) is 0 Å². The van der Waals surface area contributed by atoms with Gasteiger partial charge in [0.2, 0.25) is 0 Å². The third-order valence-corrected chi connectivity index (χ3v) is 8.00. The highest BCUT2D eigenvalue weighted by Crippen LogP contribution is 2.29. The minimum Gasteiger partial charge on any atom is -0.519 e. The van der Waals surface area contributed by atoms with Crippen LogP contribution in [-0.2, 0) is 9.16 Å².